The minimum atomic E-state index is 0.563. The van der Waals surface area contributed by atoms with Gasteiger partial charge in [0, 0.05) is 15.0 Å². The van der Waals surface area contributed by atoms with E-state index in [1.807, 2.05) is 19.1 Å². The molecule has 2 aromatic rings. The van der Waals surface area contributed by atoms with E-state index in [9.17, 15) is 0 Å². The summed E-state index contributed by atoms with van der Waals surface area (Å²) in [7, 11) is 0. The van der Waals surface area contributed by atoms with Crippen molar-refractivity contribution in [3.8, 4) is 6.07 Å². The molecule has 0 saturated heterocycles. The Morgan fingerprint density at radius 3 is 2.92 bits per heavy atom. The molecule has 0 atom stereocenters. The van der Waals surface area contributed by atoms with Gasteiger partial charge in [0.05, 0.1) is 11.3 Å². The lowest BCUT2D eigenvalue weighted by atomic mass is 10.1. The van der Waals surface area contributed by atoms with Gasteiger partial charge in [-0.25, -0.2) is 0 Å². The molecule has 13 heavy (non-hydrogen) atoms. The van der Waals surface area contributed by atoms with E-state index in [4.69, 9.17) is 11.0 Å². The molecule has 2 nitrogen and oxygen atoms in total. The summed E-state index contributed by atoms with van der Waals surface area (Å²) >= 11 is 1.68. The standard InChI is InChI=1S/C10H8N2S/c1-6-4-7-8(5-11)9(12)2-3-10(7)13-6/h2-4H,12H2,1H3. The second kappa shape index (κ2) is 2.75. The predicted molar refractivity (Wildman–Crippen MR) is 55.7 cm³/mol. The number of hydrogen-bond acceptors (Lipinski definition) is 3. The van der Waals surface area contributed by atoms with Crippen molar-refractivity contribution >= 4 is 27.1 Å². The second-order valence-electron chi connectivity index (χ2n) is 2.91. The highest BCUT2D eigenvalue weighted by molar-refractivity contribution is 7.19. The monoisotopic (exact) mass is 188 g/mol. The van der Waals surface area contributed by atoms with Gasteiger partial charge in [-0.05, 0) is 25.1 Å². The first-order valence-electron chi connectivity index (χ1n) is 3.91. The smallest absolute Gasteiger partial charge is 0.102 e. The fourth-order valence-electron chi connectivity index (χ4n) is 1.38. The Hall–Kier alpha value is -1.53. The molecule has 64 valence electrons. The highest BCUT2D eigenvalue weighted by Gasteiger charge is 2.06. The minimum absolute atomic E-state index is 0.563. The van der Waals surface area contributed by atoms with Crippen LogP contribution in [0.15, 0.2) is 18.2 Å². The van der Waals surface area contributed by atoms with Gasteiger partial charge in [0.15, 0.2) is 0 Å². The molecule has 3 heteroatoms. The van der Waals surface area contributed by atoms with Gasteiger partial charge >= 0.3 is 0 Å². The second-order valence-corrected chi connectivity index (χ2v) is 4.20. The van der Waals surface area contributed by atoms with Gasteiger partial charge in [-0.1, -0.05) is 0 Å². The number of anilines is 1. The Kier molecular flexibility index (Phi) is 1.71. The molecule has 0 fully saturated rings. The Balaban J connectivity index is 2.93. The van der Waals surface area contributed by atoms with Crippen molar-refractivity contribution in [1.29, 1.82) is 5.26 Å². The number of hydrogen-bond donors (Lipinski definition) is 1. The molecule has 0 aliphatic heterocycles. The molecule has 1 aromatic heterocycles. The summed E-state index contributed by atoms with van der Waals surface area (Å²) in [6.45, 7) is 2.03. The van der Waals surface area contributed by atoms with Crippen LogP contribution in [-0.2, 0) is 0 Å². The highest BCUT2D eigenvalue weighted by atomic mass is 32.1. The number of rotatable bonds is 0. The van der Waals surface area contributed by atoms with E-state index in [2.05, 4.69) is 6.07 Å². The predicted octanol–water partition coefficient (Wildman–Crippen LogP) is 2.66. The number of nitrogens with zero attached hydrogens (tertiary/aromatic N) is 1. The van der Waals surface area contributed by atoms with E-state index in [1.54, 1.807) is 17.4 Å². The molecule has 0 spiro atoms. The van der Waals surface area contributed by atoms with Gasteiger partial charge in [0.25, 0.3) is 0 Å². The molecule has 0 aliphatic carbocycles. The topological polar surface area (TPSA) is 49.8 Å². The van der Waals surface area contributed by atoms with Crippen molar-refractivity contribution in [1.82, 2.24) is 0 Å². The van der Waals surface area contributed by atoms with Gasteiger partial charge in [-0.3, -0.25) is 0 Å². The van der Waals surface area contributed by atoms with Crippen LogP contribution in [0.5, 0.6) is 0 Å². The van der Waals surface area contributed by atoms with Crippen molar-refractivity contribution in [2.45, 2.75) is 6.92 Å². The van der Waals surface area contributed by atoms with Gasteiger partial charge in [0.2, 0.25) is 0 Å². The summed E-state index contributed by atoms with van der Waals surface area (Å²) in [5.74, 6) is 0. The zero-order chi connectivity index (χ0) is 9.42. The first-order valence-corrected chi connectivity index (χ1v) is 4.73. The largest absolute Gasteiger partial charge is 0.398 e. The summed E-state index contributed by atoms with van der Waals surface area (Å²) in [6.07, 6.45) is 0. The molecule has 2 rings (SSSR count). The van der Waals surface area contributed by atoms with Gasteiger partial charge in [-0.2, -0.15) is 5.26 Å². The SMILES string of the molecule is Cc1cc2c(C#N)c(N)ccc2s1. The summed E-state index contributed by atoms with van der Waals surface area (Å²) in [5, 5.41) is 9.88. The van der Waals surface area contributed by atoms with E-state index in [0.29, 0.717) is 11.3 Å². The highest BCUT2D eigenvalue weighted by Crippen LogP contribution is 2.30. The van der Waals surface area contributed by atoms with Crippen LogP contribution in [0.2, 0.25) is 0 Å². The molecule has 0 amide bonds. The maximum Gasteiger partial charge on any atom is 0.102 e. The van der Waals surface area contributed by atoms with Crippen molar-refractivity contribution in [2.75, 3.05) is 5.73 Å². The Morgan fingerprint density at radius 2 is 2.23 bits per heavy atom. The van der Waals surface area contributed by atoms with Crippen molar-refractivity contribution in [3.05, 3.63) is 28.6 Å². The van der Waals surface area contributed by atoms with Crippen LogP contribution in [-0.4, -0.2) is 0 Å². The van der Waals surface area contributed by atoms with Crippen LogP contribution < -0.4 is 5.73 Å². The van der Waals surface area contributed by atoms with Crippen molar-refractivity contribution < 1.29 is 0 Å². The molecule has 2 N–H and O–H groups in total. The number of nitriles is 1. The maximum absolute atomic E-state index is 8.90. The third kappa shape index (κ3) is 1.16. The molecule has 0 unspecified atom stereocenters. The first-order chi connectivity index (χ1) is 6.22. The number of aryl methyl sites for hydroxylation is 1. The lowest BCUT2D eigenvalue weighted by Crippen LogP contribution is -1.89. The molecule has 0 aliphatic rings. The Labute approximate surface area is 80.2 Å². The van der Waals surface area contributed by atoms with E-state index in [1.165, 1.54) is 4.88 Å². The fraction of sp³-hybridized carbons (Fsp3) is 0.100. The van der Waals surface area contributed by atoms with E-state index in [-0.39, 0.29) is 0 Å². The summed E-state index contributed by atoms with van der Waals surface area (Å²) in [4.78, 5) is 1.21. The Morgan fingerprint density at radius 1 is 1.46 bits per heavy atom. The number of benzene rings is 1. The normalized spacial score (nSPS) is 10.2. The third-order valence-corrected chi connectivity index (χ3v) is 2.98. The van der Waals surface area contributed by atoms with Gasteiger partial charge in [-0.15, -0.1) is 11.3 Å². The van der Waals surface area contributed by atoms with Crippen LogP contribution in [0.1, 0.15) is 10.4 Å². The summed E-state index contributed by atoms with van der Waals surface area (Å²) < 4.78 is 1.13. The van der Waals surface area contributed by atoms with E-state index >= 15 is 0 Å². The summed E-state index contributed by atoms with van der Waals surface area (Å²) in [5.41, 5.74) is 6.85. The number of thiophene rings is 1. The van der Waals surface area contributed by atoms with E-state index in [0.717, 1.165) is 10.1 Å². The molecule has 0 radical (unpaired) electrons. The average Bonchev–Trinajstić information content (AvgIpc) is 2.45. The number of fused-ring (bicyclic) bond motifs is 1. The van der Waals surface area contributed by atoms with Crippen LogP contribution in [0.25, 0.3) is 10.1 Å². The average molecular weight is 188 g/mol. The zero-order valence-electron chi connectivity index (χ0n) is 7.16. The lowest BCUT2D eigenvalue weighted by Gasteiger charge is -1.96. The molecular weight excluding hydrogens is 180 g/mol. The maximum atomic E-state index is 8.90. The molecule has 0 bridgehead atoms. The molecule has 1 heterocycles. The third-order valence-electron chi connectivity index (χ3n) is 1.97. The first kappa shape index (κ1) is 8.09. The van der Waals surface area contributed by atoms with Crippen LogP contribution >= 0.6 is 11.3 Å². The molecule has 1 aromatic carbocycles. The van der Waals surface area contributed by atoms with Gasteiger partial charge in [0.1, 0.15) is 6.07 Å². The lowest BCUT2D eigenvalue weighted by molar-refractivity contribution is 1.50. The van der Waals surface area contributed by atoms with Crippen molar-refractivity contribution in [2.24, 2.45) is 0 Å². The molecule has 0 saturated carbocycles. The van der Waals surface area contributed by atoms with Crippen LogP contribution in [0, 0.1) is 18.3 Å². The summed E-state index contributed by atoms with van der Waals surface area (Å²) in [6, 6.07) is 7.89. The van der Waals surface area contributed by atoms with Crippen molar-refractivity contribution in [3.63, 3.8) is 0 Å². The van der Waals surface area contributed by atoms with Gasteiger partial charge < -0.3 is 5.73 Å². The fourth-order valence-corrected chi connectivity index (χ4v) is 2.31. The zero-order valence-corrected chi connectivity index (χ0v) is 7.98. The molecular formula is C10H8N2S. The quantitative estimate of drug-likeness (QED) is 0.646. The minimum Gasteiger partial charge on any atom is -0.398 e. The van der Waals surface area contributed by atoms with Crippen LogP contribution in [0.4, 0.5) is 5.69 Å². The van der Waals surface area contributed by atoms with E-state index < -0.39 is 0 Å². The Bertz CT molecular complexity index is 505. The van der Waals surface area contributed by atoms with Crippen LogP contribution in [0.3, 0.4) is 0 Å². The number of nitrogen functional groups attached to an aromatic ring is 1. The number of nitrogens with two attached hydrogens (primary N) is 1.